The predicted molar refractivity (Wildman–Crippen MR) is 72.2 cm³/mol. The first-order chi connectivity index (χ1) is 10.9. The average Bonchev–Trinajstić information content (AvgIpc) is 2.43. The zero-order valence-electron chi connectivity index (χ0n) is 12.8. The van der Waals surface area contributed by atoms with E-state index in [0.717, 1.165) is 26.1 Å². The Kier molecular flexibility index (Phi) is 6.07. The number of halogens is 6. The van der Waals surface area contributed by atoms with E-state index in [-0.39, 0.29) is 17.9 Å². The molecule has 1 amide bonds. The first-order valence-electron chi connectivity index (χ1n) is 6.77. The Balaban J connectivity index is 2.88. The molecule has 4 nitrogen and oxygen atoms in total. The molecule has 1 aromatic heterocycles. The molecule has 1 N–H and O–H groups in total. The SMILES string of the molecule is CC(C)(C[C@@H](NC=O)c1ccc(OCC(F)(F)F)cn1)C(F)(F)F. The van der Waals surface area contributed by atoms with Crippen molar-refractivity contribution in [2.24, 2.45) is 5.41 Å². The van der Waals surface area contributed by atoms with Crippen molar-refractivity contribution < 1.29 is 35.9 Å². The summed E-state index contributed by atoms with van der Waals surface area (Å²) in [6, 6.07) is 1.31. The molecule has 1 rings (SSSR count). The van der Waals surface area contributed by atoms with Gasteiger partial charge in [0, 0.05) is 0 Å². The van der Waals surface area contributed by atoms with Crippen molar-refractivity contribution in [2.75, 3.05) is 6.61 Å². The second-order valence-electron chi connectivity index (χ2n) is 5.75. The van der Waals surface area contributed by atoms with E-state index in [4.69, 9.17) is 0 Å². The molecule has 1 aromatic rings. The summed E-state index contributed by atoms with van der Waals surface area (Å²) in [5.41, 5.74) is -2.01. The third-order valence-corrected chi connectivity index (χ3v) is 3.27. The molecular weight excluding hydrogens is 342 g/mol. The van der Waals surface area contributed by atoms with Crippen LogP contribution in [0.1, 0.15) is 32.0 Å². The number of amides is 1. The topological polar surface area (TPSA) is 51.2 Å². The van der Waals surface area contributed by atoms with E-state index in [1.165, 1.54) is 6.07 Å². The fourth-order valence-electron chi connectivity index (χ4n) is 1.81. The van der Waals surface area contributed by atoms with Crippen molar-refractivity contribution in [3.05, 3.63) is 24.0 Å². The largest absolute Gasteiger partial charge is 0.483 e. The van der Waals surface area contributed by atoms with E-state index in [2.05, 4.69) is 15.0 Å². The fourth-order valence-corrected chi connectivity index (χ4v) is 1.81. The Hall–Kier alpha value is -2.00. The second kappa shape index (κ2) is 7.27. The number of rotatable bonds is 7. The van der Waals surface area contributed by atoms with Crippen molar-refractivity contribution in [3.63, 3.8) is 0 Å². The molecule has 0 aromatic carbocycles. The number of hydrogen-bond acceptors (Lipinski definition) is 3. The predicted octanol–water partition coefficient (Wildman–Crippen LogP) is 3.79. The van der Waals surface area contributed by atoms with Gasteiger partial charge >= 0.3 is 12.4 Å². The first kappa shape index (κ1) is 20.0. The minimum atomic E-state index is -4.52. The molecule has 0 bridgehead atoms. The molecule has 0 radical (unpaired) electrons. The number of pyridine rings is 1. The van der Waals surface area contributed by atoms with E-state index >= 15 is 0 Å². The van der Waals surface area contributed by atoms with Crippen LogP contribution in [0.25, 0.3) is 0 Å². The Morgan fingerprint density at radius 1 is 1.21 bits per heavy atom. The van der Waals surface area contributed by atoms with Gasteiger partial charge in [0.15, 0.2) is 6.61 Å². The summed E-state index contributed by atoms with van der Waals surface area (Å²) in [6.45, 7) is 0.450. The third kappa shape index (κ3) is 5.89. The van der Waals surface area contributed by atoms with Gasteiger partial charge in [-0.3, -0.25) is 9.78 Å². The lowest BCUT2D eigenvalue weighted by molar-refractivity contribution is -0.215. The second-order valence-corrected chi connectivity index (χ2v) is 5.75. The van der Waals surface area contributed by atoms with Crippen LogP contribution >= 0.6 is 0 Å². The van der Waals surface area contributed by atoms with E-state index in [1.807, 2.05) is 0 Å². The maximum absolute atomic E-state index is 13.0. The van der Waals surface area contributed by atoms with Gasteiger partial charge in [0.1, 0.15) is 5.75 Å². The van der Waals surface area contributed by atoms with Crippen molar-refractivity contribution in [1.29, 1.82) is 0 Å². The van der Waals surface area contributed by atoms with Gasteiger partial charge in [0.25, 0.3) is 0 Å². The van der Waals surface area contributed by atoms with Crippen LogP contribution in [0.3, 0.4) is 0 Å². The molecule has 0 saturated carbocycles. The number of carbonyl (C=O) groups excluding carboxylic acids is 1. The molecule has 0 aliphatic heterocycles. The number of nitrogens with zero attached hydrogens (tertiary/aromatic N) is 1. The number of aromatic nitrogens is 1. The van der Waals surface area contributed by atoms with Crippen molar-refractivity contribution >= 4 is 6.41 Å². The van der Waals surface area contributed by atoms with Crippen molar-refractivity contribution in [1.82, 2.24) is 10.3 Å². The first-order valence-corrected chi connectivity index (χ1v) is 6.77. The standard InChI is InChI=1S/C14H16F6N2O2/c1-12(2,14(18,19)20)5-11(22-8-23)10-4-3-9(6-21-10)24-7-13(15,16)17/h3-4,6,8,11H,5,7H2,1-2H3,(H,22,23)/t11-/m1/s1. The summed E-state index contributed by atoms with van der Waals surface area (Å²) in [5, 5.41) is 2.24. The summed E-state index contributed by atoms with van der Waals surface area (Å²) >= 11 is 0. The molecule has 1 atom stereocenters. The van der Waals surface area contributed by atoms with Gasteiger partial charge in [0.05, 0.1) is 23.3 Å². The molecule has 0 fully saturated rings. The molecule has 1 heterocycles. The van der Waals surface area contributed by atoms with E-state index in [1.54, 1.807) is 0 Å². The molecular formula is C14H16F6N2O2. The Bertz CT molecular complexity index is 540. The Morgan fingerprint density at radius 2 is 1.83 bits per heavy atom. The zero-order valence-corrected chi connectivity index (χ0v) is 12.8. The lowest BCUT2D eigenvalue weighted by Crippen LogP contribution is -2.36. The Labute approximate surface area is 134 Å². The van der Waals surface area contributed by atoms with Gasteiger partial charge < -0.3 is 10.1 Å². The molecule has 24 heavy (non-hydrogen) atoms. The van der Waals surface area contributed by atoms with Crippen LogP contribution in [0.5, 0.6) is 5.75 Å². The lowest BCUT2D eigenvalue weighted by Gasteiger charge is -2.31. The number of hydrogen-bond donors (Lipinski definition) is 1. The highest BCUT2D eigenvalue weighted by Crippen LogP contribution is 2.43. The number of ether oxygens (including phenoxy) is 1. The summed E-state index contributed by atoms with van der Waals surface area (Å²) in [4.78, 5) is 14.4. The summed E-state index contributed by atoms with van der Waals surface area (Å²) in [5.74, 6) is -0.184. The van der Waals surface area contributed by atoms with Gasteiger partial charge in [-0.25, -0.2) is 0 Å². The van der Waals surface area contributed by atoms with Crippen LogP contribution in [-0.4, -0.2) is 30.4 Å². The molecule has 0 spiro atoms. The quantitative estimate of drug-likeness (QED) is 0.596. The lowest BCUT2D eigenvalue weighted by atomic mass is 9.84. The van der Waals surface area contributed by atoms with Crippen LogP contribution < -0.4 is 10.1 Å². The molecule has 136 valence electrons. The van der Waals surface area contributed by atoms with Crippen LogP contribution in [0.15, 0.2) is 18.3 Å². The van der Waals surface area contributed by atoms with Gasteiger partial charge in [-0.1, -0.05) is 13.8 Å². The van der Waals surface area contributed by atoms with E-state index < -0.39 is 36.8 Å². The Morgan fingerprint density at radius 3 is 2.25 bits per heavy atom. The van der Waals surface area contributed by atoms with Crippen LogP contribution in [-0.2, 0) is 4.79 Å². The highest BCUT2D eigenvalue weighted by molar-refractivity contribution is 5.47. The highest BCUT2D eigenvalue weighted by atomic mass is 19.4. The van der Waals surface area contributed by atoms with E-state index in [0.29, 0.717) is 0 Å². The van der Waals surface area contributed by atoms with Crippen molar-refractivity contribution in [3.8, 4) is 5.75 Å². The van der Waals surface area contributed by atoms with Crippen molar-refractivity contribution in [2.45, 2.75) is 38.7 Å². The molecule has 0 saturated heterocycles. The molecule has 10 heteroatoms. The maximum Gasteiger partial charge on any atom is 0.422 e. The van der Waals surface area contributed by atoms with Gasteiger partial charge in [-0.05, 0) is 18.6 Å². The molecule has 0 aliphatic carbocycles. The van der Waals surface area contributed by atoms with E-state index in [9.17, 15) is 31.1 Å². The minimum Gasteiger partial charge on any atom is -0.483 e. The molecule has 0 unspecified atom stereocenters. The number of alkyl halides is 6. The summed E-state index contributed by atoms with van der Waals surface area (Å²) in [6.07, 6.45) is -8.29. The van der Waals surface area contributed by atoms with Gasteiger partial charge in [0.2, 0.25) is 6.41 Å². The van der Waals surface area contributed by atoms with Crippen LogP contribution in [0.4, 0.5) is 26.3 Å². The maximum atomic E-state index is 13.0. The summed E-state index contributed by atoms with van der Waals surface area (Å²) in [7, 11) is 0. The highest BCUT2D eigenvalue weighted by Gasteiger charge is 2.48. The average molecular weight is 358 g/mol. The van der Waals surface area contributed by atoms with Crippen LogP contribution in [0.2, 0.25) is 0 Å². The minimum absolute atomic E-state index is 0.0822. The zero-order chi connectivity index (χ0) is 18.6. The number of carbonyl (C=O) groups is 1. The third-order valence-electron chi connectivity index (χ3n) is 3.27. The molecule has 0 aliphatic rings. The van der Waals surface area contributed by atoms with Crippen LogP contribution in [0, 0.1) is 5.41 Å². The van der Waals surface area contributed by atoms with Gasteiger partial charge in [-0.2, -0.15) is 26.3 Å². The van der Waals surface area contributed by atoms with Gasteiger partial charge in [-0.15, -0.1) is 0 Å². The fraction of sp³-hybridized carbons (Fsp3) is 0.571. The normalized spacial score (nSPS) is 14.2. The smallest absolute Gasteiger partial charge is 0.422 e. The number of nitrogens with one attached hydrogen (secondary N) is 1. The summed E-state index contributed by atoms with van der Waals surface area (Å²) < 4.78 is 79.5. The monoisotopic (exact) mass is 358 g/mol.